The van der Waals surface area contributed by atoms with Gasteiger partial charge in [0.25, 0.3) is 0 Å². The highest BCUT2D eigenvalue weighted by atomic mass is 16.3. The zero-order chi connectivity index (χ0) is 19.8. The molecule has 0 bridgehead atoms. The number of benzene rings is 2. The standard InChI is InChI=1S/C23H28N2O3/c26-21-16-24(15-14-20-10-5-2-6-11-20)23(28)18-25(17-21)22(27)13-7-12-19-8-3-1-4-9-19/h1-6,8-11,21,26H,7,12-18H2. The molecule has 0 aromatic heterocycles. The zero-order valence-electron chi connectivity index (χ0n) is 16.2. The van der Waals surface area contributed by atoms with Gasteiger partial charge in [-0.15, -0.1) is 0 Å². The highest BCUT2D eigenvalue weighted by Crippen LogP contribution is 2.11. The Morgan fingerprint density at radius 1 is 0.929 bits per heavy atom. The second-order valence-electron chi connectivity index (χ2n) is 7.34. The Labute approximate surface area is 166 Å². The van der Waals surface area contributed by atoms with Crippen LogP contribution in [0.1, 0.15) is 24.0 Å². The molecule has 0 aliphatic carbocycles. The quantitative estimate of drug-likeness (QED) is 0.802. The Balaban J connectivity index is 1.49. The summed E-state index contributed by atoms with van der Waals surface area (Å²) in [4.78, 5) is 28.4. The topological polar surface area (TPSA) is 60.9 Å². The van der Waals surface area contributed by atoms with E-state index in [1.807, 2.05) is 60.7 Å². The molecule has 1 heterocycles. The summed E-state index contributed by atoms with van der Waals surface area (Å²) in [6.45, 7) is 1.10. The van der Waals surface area contributed by atoms with Crippen molar-refractivity contribution in [2.24, 2.45) is 0 Å². The van der Waals surface area contributed by atoms with Crippen LogP contribution in [0.5, 0.6) is 0 Å². The van der Waals surface area contributed by atoms with Crippen LogP contribution in [-0.2, 0) is 22.4 Å². The summed E-state index contributed by atoms with van der Waals surface area (Å²) in [7, 11) is 0. The van der Waals surface area contributed by atoms with E-state index in [-0.39, 0.29) is 31.4 Å². The lowest BCUT2D eigenvalue weighted by Gasteiger charge is -2.22. The summed E-state index contributed by atoms with van der Waals surface area (Å²) in [5, 5.41) is 10.3. The molecule has 2 amide bonds. The van der Waals surface area contributed by atoms with Gasteiger partial charge in [0.2, 0.25) is 11.8 Å². The number of carbonyl (C=O) groups is 2. The molecule has 1 unspecified atom stereocenters. The van der Waals surface area contributed by atoms with E-state index in [0.29, 0.717) is 13.0 Å². The second kappa shape index (κ2) is 10.0. The molecule has 3 rings (SSSR count). The summed E-state index contributed by atoms with van der Waals surface area (Å²) in [5.41, 5.74) is 2.36. The Hall–Kier alpha value is -2.66. The van der Waals surface area contributed by atoms with Crippen LogP contribution in [0.3, 0.4) is 0 Å². The van der Waals surface area contributed by atoms with E-state index in [0.717, 1.165) is 24.8 Å². The molecule has 1 N–H and O–H groups in total. The Morgan fingerprint density at radius 3 is 2.18 bits per heavy atom. The first kappa shape index (κ1) is 20.1. The predicted molar refractivity (Wildman–Crippen MR) is 109 cm³/mol. The van der Waals surface area contributed by atoms with Gasteiger partial charge in [0.15, 0.2) is 0 Å². The van der Waals surface area contributed by atoms with Crippen LogP contribution >= 0.6 is 0 Å². The van der Waals surface area contributed by atoms with Crippen molar-refractivity contribution in [3.05, 3.63) is 71.8 Å². The molecule has 1 saturated heterocycles. The number of carbonyl (C=O) groups excluding carboxylic acids is 2. The SMILES string of the molecule is O=C1CN(C(=O)CCCc2ccccc2)CC(O)CN1CCc1ccccc1. The number of aliphatic hydroxyl groups excluding tert-OH is 1. The third-order valence-electron chi connectivity index (χ3n) is 5.11. The Kier molecular flexibility index (Phi) is 7.20. The summed E-state index contributed by atoms with van der Waals surface area (Å²) in [6, 6.07) is 20.0. The molecule has 0 saturated carbocycles. The number of hydrogen-bond acceptors (Lipinski definition) is 3. The first-order valence-corrected chi connectivity index (χ1v) is 9.93. The second-order valence-corrected chi connectivity index (χ2v) is 7.34. The van der Waals surface area contributed by atoms with Crippen molar-refractivity contribution >= 4 is 11.8 Å². The van der Waals surface area contributed by atoms with Gasteiger partial charge in [-0.2, -0.15) is 0 Å². The predicted octanol–water partition coefficient (Wildman–Crippen LogP) is 2.28. The minimum Gasteiger partial charge on any atom is -0.389 e. The molecule has 1 atom stereocenters. The van der Waals surface area contributed by atoms with Crippen LogP contribution in [-0.4, -0.2) is 59.0 Å². The number of hydrogen-bond donors (Lipinski definition) is 1. The molecule has 5 heteroatoms. The minimum absolute atomic E-state index is 0.0516. The van der Waals surface area contributed by atoms with Crippen molar-refractivity contribution in [1.82, 2.24) is 9.80 Å². The molecule has 1 fully saturated rings. The molecule has 28 heavy (non-hydrogen) atoms. The number of rotatable bonds is 7. The number of aliphatic hydroxyl groups is 1. The van der Waals surface area contributed by atoms with Crippen LogP contribution < -0.4 is 0 Å². The Bertz CT molecular complexity index is 764. The number of amides is 2. The normalized spacial score (nSPS) is 17.5. The number of β-amino-alcohol motifs (C(OH)–C–C–N with tert-alkyl or cyclic N) is 1. The molecule has 5 nitrogen and oxygen atoms in total. The Morgan fingerprint density at radius 2 is 1.54 bits per heavy atom. The third-order valence-corrected chi connectivity index (χ3v) is 5.11. The summed E-state index contributed by atoms with van der Waals surface area (Å²) in [6.07, 6.45) is 1.99. The van der Waals surface area contributed by atoms with E-state index >= 15 is 0 Å². The monoisotopic (exact) mass is 380 g/mol. The van der Waals surface area contributed by atoms with Crippen molar-refractivity contribution in [3.8, 4) is 0 Å². The van der Waals surface area contributed by atoms with E-state index < -0.39 is 6.10 Å². The van der Waals surface area contributed by atoms with E-state index in [2.05, 4.69) is 0 Å². The van der Waals surface area contributed by atoms with E-state index in [1.165, 1.54) is 10.5 Å². The van der Waals surface area contributed by atoms with Gasteiger partial charge >= 0.3 is 0 Å². The van der Waals surface area contributed by atoms with Gasteiger partial charge in [-0.3, -0.25) is 9.59 Å². The van der Waals surface area contributed by atoms with E-state index in [9.17, 15) is 14.7 Å². The highest BCUT2D eigenvalue weighted by Gasteiger charge is 2.28. The number of nitrogens with zero attached hydrogens (tertiary/aromatic N) is 2. The van der Waals surface area contributed by atoms with Crippen molar-refractivity contribution in [1.29, 1.82) is 0 Å². The lowest BCUT2D eigenvalue weighted by molar-refractivity contribution is -0.138. The smallest absolute Gasteiger partial charge is 0.242 e. The van der Waals surface area contributed by atoms with Crippen molar-refractivity contribution in [2.45, 2.75) is 31.8 Å². The van der Waals surface area contributed by atoms with Gasteiger partial charge in [0.05, 0.1) is 12.6 Å². The third kappa shape index (κ3) is 5.92. The van der Waals surface area contributed by atoms with Crippen LogP contribution in [0.4, 0.5) is 0 Å². The van der Waals surface area contributed by atoms with Crippen LogP contribution in [0.25, 0.3) is 0 Å². The molecule has 0 spiro atoms. The van der Waals surface area contributed by atoms with E-state index in [4.69, 9.17) is 0 Å². The summed E-state index contributed by atoms with van der Waals surface area (Å²) in [5.74, 6) is -0.155. The van der Waals surface area contributed by atoms with Gasteiger partial charge in [-0.05, 0) is 30.4 Å². The lowest BCUT2D eigenvalue weighted by atomic mass is 10.1. The lowest BCUT2D eigenvalue weighted by Crippen LogP contribution is -2.40. The average Bonchev–Trinajstić information content (AvgIpc) is 2.86. The molecule has 2 aromatic rings. The van der Waals surface area contributed by atoms with E-state index in [1.54, 1.807) is 4.90 Å². The van der Waals surface area contributed by atoms with Gasteiger partial charge < -0.3 is 14.9 Å². The van der Waals surface area contributed by atoms with Gasteiger partial charge in [0.1, 0.15) is 0 Å². The maximum Gasteiger partial charge on any atom is 0.242 e. The molecular weight excluding hydrogens is 352 g/mol. The molecule has 148 valence electrons. The average molecular weight is 380 g/mol. The van der Waals surface area contributed by atoms with Crippen molar-refractivity contribution < 1.29 is 14.7 Å². The van der Waals surface area contributed by atoms with Crippen LogP contribution in [0.2, 0.25) is 0 Å². The highest BCUT2D eigenvalue weighted by molar-refractivity contribution is 5.85. The fourth-order valence-corrected chi connectivity index (χ4v) is 3.56. The molecule has 0 radical (unpaired) electrons. The van der Waals surface area contributed by atoms with Gasteiger partial charge in [0, 0.05) is 26.1 Å². The van der Waals surface area contributed by atoms with Crippen molar-refractivity contribution in [2.75, 3.05) is 26.2 Å². The maximum atomic E-state index is 12.6. The number of aryl methyl sites for hydroxylation is 1. The molecule has 1 aliphatic rings. The van der Waals surface area contributed by atoms with Crippen LogP contribution in [0, 0.1) is 0 Å². The van der Waals surface area contributed by atoms with Gasteiger partial charge in [-0.25, -0.2) is 0 Å². The van der Waals surface area contributed by atoms with Gasteiger partial charge in [-0.1, -0.05) is 60.7 Å². The summed E-state index contributed by atoms with van der Waals surface area (Å²) >= 11 is 0. The fourth-order valence-electron chi connectivity index (χ4n) is 3.56. The summed E-state index contributed by atoms with van der Waals surface area (Å²) < 4.78 is 0. The first-order chi connectivity index (χ1) is 13.6. The molecule has 1 aliphatic heterocycles. The fraction of sp³-hybridized carbons (Fsp3) is 0.391. The molecule has 2 aromatic carbocycles. The first-order valence-electron chi connectivity index (χ1n) is 9.93. The largest absolute Gasteiger partial charge is 0.389 e. The zero-order valence-corrected chi connectivity index (χ0v) is 16.2. The van der Waals surface area contributed by atoms with Crippen LogP contribution in [0.15, 0.2) is 60.7 Å². The molecular formula is C23H28N2O3. The minimum atomic E-state index is -0.708. The maximum absolute atomic E-state index is 12.6. The van der Waals surface area contributed by atoms with Crippen molar-refractivity contribution in [3.63, 3.8) is 0 Å².